The Morgan fingerprint density at radius 1 is 1.17 bits per heavy atom. The van der Waals surface area contributed by atoms with Crippen LogP contribution in [-0.2, 0) is 0 Å². The van der Waals surface area contributed by atoms with Crippen LogP contribution in [-0.4, -0.2) is 26.0 Å². The molecule has 3 heterocycles. The lowest BCUT2D eigenvalue weighted by Gasteiger charge is -2.04. The third kappa shape index (κ3) is 3.27. The van der Waals surface area contributed by atoms with Crippen molar-refractivity contribution in [3.8, 4) is 0 Å². The zero-order valence-electron chi connectivity index (χ0n) is 15.2. The van der Waals surface area contributed by atoms with Crippen LogP contribution in [0.5, 0.6) is 0 Å². The number of carbonyl (C=O) groups excluding carboxylic acids is 2. The molecule has 0 atom stereocenters. The number of hydrogen-bond donors (Lipinski definition) is 1. The smallest absolute Gasteiger partial charge is 0.269 e. The first-order valence-electron chi connectivity index (χ1n) is 8.57. The summed E-state index contributed by atoms with van der Waals surface area (Å²) >= 11 is 1.30. The minimum absolute atomic E-state index is 0.0956. The predicted molar refractivity (Wildman–Crippen MR) is 109 cm³/mol. The maximum atomic E-state index is 13.2. The number of nitro groups is 1. The Labute approximate surface area is 168 Å². The van der Waals surface area contributed by atoms with Gasteiger partial charge in [0.05, 0.1) is 21.7 Å². The number of nitrogens with zero attached hydrogens (tertiary/aromatic N) is 3. The number of rotatable bonds is 5. The van der Waals surface area contributed by atoms with Crippen LogP contribution >= 0.6 is 11.3 Å². The largest absolute Gasteiger partial charge is 0.313 e. The molecule has 0 radical (unpaired) electrons. The number of benzene rings is 1. The molecule has 0 bridgehead atoms. The third-order valence-corrected chi connectivity index (χ3v) is 5.21. The third-order valence-electron chi connectivity index (χ3n) is 4.52. The molecule has 0 unspecified atom stereocenters. The Kier molecular flexibility index (Phi) is 4.65. The summed E-state index contributed by atoms with van der Waals surface area (Å²) in [6.45, 7) is 1.71. The van der Waals surface area contributed by atoms with Gasteiger partial charge in [0.2, 0.25) is 5.78 Å². The van der Waals surface area contributed by atoms with Crippen LogP contribution in [0, 0.1) is 17.0 Å². The highest BCUT2D eigenvalue weighted by molar-refractivity contribution is 7.13. The fraction of sp³-hybridized carbons (Fsp3) is 0.0500. The van der Waals surface area contributed by atoms with Gasteiger partial charge in [-0.2, -0.15) is 0 Å². The summed E-state index contributed by atoms with van der Waals surface area (Å²) in [4.78, 5) is 40.5. The van der Waals surface area contributed by atoms with Gasteiger partial charge in [0.25, 0.3) is 11.6 Å². The van der Waals surface area contributed by atoms with Crippen LogP contribution < -0.4 is 5.32 Å². The molecule has 0 saturated carbocycles. The zero-order chi connectivity index (χ0) is 20.5. The van der Waals surface area contributed by atoms with E-state index in [1.165, 1.54) is 35.6 Å². The van der Waals surface area contributed by atoms with Crippen LogP contribution in [0.25, 0.3) is 5.52 Å². The van der Waals surface area contributed by atoms with Gasteiger partial charge in [-0.3, -0.25) is 25.0 Å². The van der Waals surface area contributed by atoms with E-state index in [4.69, 9.17) is 0 Å². The molecule has 0 aliphatic carbocycles. The minimum Gasteiger partial charge on any atom is -0.313 e. The molecule has 0 aliphatic rings. The van der Waals surface area contributed by atoms with E-state index in [1.54, 1.807) is 47.3 Å². The topological polar surface area (TPSA) is 107 Å². The van der Waals surface area contributed by atoms with Crippen LogP contribution in [0.4, 0.5) is 10.8 Å². The average Bonchev–Trinajstić information content (AvgIpc) is 3.32. The summed E-state index contributed by atoms with van der Waals surface area (Å²) in [7, 11) is 0. The molecular formula is C20H14N4O4S. The van der Waals surface area contributed by atoms with Crippen molar-refractivity contribution in [3.63, 3.8) is 0 Å². The van der Waals surface area contributed by atoms with Crippen LogP contribution in [0.2, 0.25) is 0 Å². The van der Waals surface area contributed by atoms with Gasteiger partial charge in [-0.25, -0.2) is 4.98 Å². The molecule has 8 nitrogen and oxygen atoms in total. The van der Waals surface area contributed by atoms with Crippen LogP contribution in [0.15, 0.2) is 60.2 Å². The first-order valence-corrected chi connectivity index (χ1v) is 9.45. The van der Waals surface area contributed by atoms with E-state index in [2.05, 4.69) is 10.3 Å². The molecular weight excluding hydrogens is 392 g/mol. The first kappa shape index (κ1) is 18.5. The van der Waals surface area contributed by atoms with E-state index < -0.39 is 4.92 Å². The van der Waals surface area contributed by atoms with Gasteiger partial charge in [0.15, 0.2) is 5.13 Å². The number of pyridine rings is 1. The molecule has 0 aliphatic heterocycles. The van der Waals surface area contributed by atoms with Crippen molar-refractivity contribution in [1.29, 1.82) is 0 Å². The van der Waals surface area contributed by atoms with Gasteiger partial charge in [-0.05, 0) is 36.8 Å². The second-order valence-electron chi connectivity index (χ2n) is 6.23. The lowest BCUT2D eigenvalue weighted by molar-refractivity contribution is -0.384. The number of hydrogen-bond acceptors (Lipinski definition) is 6. The SMILES string of the molecule is Cc1c(C(=O)Nc2nccs2)c2ccccn2c1C(=O)c1ccc([N+](=O)[O-])cc1. The average molecular weight is 406 g/mol. The Hall–Kier alpha value is -3.85. The second kappa shape index (κ2) is 7.28. The predicted octanol–water partition coefficient (Wildman–Crippen LogP) is 4.10. The minimum atomic E-state index is -0.521. The van der Waals surface area contributed by atoms with Crippen molar-refractivity contribution in [2.24, 2.45) is 0 Å². The molecule has 0 fully saturated rings. The van der Waals surface area contributed by atoms with Gasteiger partial charge in [0.1, 0.15) is 0 Å². The number of amides is 1. The first-order chi connectivity index (χ1) is 14.0. The maximum absolute atomic E-state index is 13.2. The summed E-state index contributed by atoms with van der Waals surface area (Å²) in [5.74, 6) is -0.684. The number of carbonyl (C=O) groups is 2. The summed E-state index contributed by atoms with van der Waals surface area (Å²) in [6.07, 6.45) is 3.30. The van der Waals surface area contributed by atoms with Gasteiger partial charge in [-0.15, -0.1) is 11.3 Å². The molecule has 1 N–H and O–H groups in total. The Balaban J connectivity index is 1.80. The highest BCUT2D eigenvalue weighted by Gasteiger charge is 2.25. The van der Waals surface area contributed by atoms with Crippen molar-refractivity contribution >= 4 is 39.4 Å². The number of ketones is 1. The molecule has 4 aromatic rings. The van der Waals surface area contributed by atoms with E-state index in [1.807, 2.05) is 0 Å². The standard InChI is InChI=1S/C20H14N4O4S/c1-12-16(19(26)22-20-21-9-11-29-20)15-4-2-3-10-23(15)17(12)18(25)13-5-7-14(8-6-13)24(27)28/h2-11H,1H3,(H,21,22,26). The fourth-order valence-corrected chi connectivity index (χ4v) is 3.74. The van der Waals surface area contributed by atoms with Crippen LogP contribution in [0.3, 0.4) is 0 Å². The Morgan fingerprint density at radius 2 is 1.93 bits per heavy atom. The summed E-state index contributed by atoms with van der Waals surface area (Å²) in [6, 6.07) is 10.7. The van der Waals surface area contributed by atoms with Crippen LogP contribution in [0.1, 0.15) is 32.0 Å². The Bertz CT molecular complexity index is 1240. The van der Waals surface area contributed by atoms with Gasteiger partial charge >= 0.3 is 0 Å². The number of aromatic nitrogens is 2. The molecule has 0 spiro atoms. The van der Waals surface area contributed by atoms with Gasteiger partial charge < -0.3 is 4.40 Å². The quantitative estimate of drug-likeness (QED) is 0.305. The molecule has 1 aromatic carbocycles. The zero-order valence-corrected chi connectivity index (χ0v) is 16.0. The molecule has 1 amide bonds. The molecule has 3 aromatic heterocycles. The van der Waals surface area contributed by atoms with Gasteiger partial charge in [0, 0.05) is 35.5 Å². The number of nitro benzene ring substituents is 1. The van der Waals surface area contributed by atoms with E-state index >= 15 is 0 Å². The lowest BCUT2D eigenvalue weighted by atomic mass is 10.0. The number of nitrogens with one attached hydrogen (secondary N) is 1. The summed E-state index contributed by atoms with van der Waals surface area (Å²) < 4.78 is 1.66. The Morgan fingerprint density at radius 3 is 2.59 bits per heavy atom. The monoisotopic (exact) mass is 406 g/mol. The van der Waals surface area contributed by atoms with E-state index in [0.717, 1.165) is 0 Å². The van der Waals surface area contributed by atoms with Gasteiger partial charge in [-0.1, -0.05) is 6.07 Å². The van der Waals surface area contributed by atoms with Crippen molar-refractivity contribution < 1.29 is 14.5 Å². The number of non-ortho nitro benzene ring substituents is 1. The highest BCUT2D eigenvalue weighted by Crippen LogP contribution is 2.27. The number of thiazole rings is 1. The van der Waals surface area contributed by atoms with E-state index in [0.29, 0.717) is 33.0 Å². The molecule has 144 valence electrons. The molecule has 4 rings (SSSR count). The molecule has 9 heteroatoms. The summed E-state index contributed by atoms with van der Waals surface area (Å²) in [5, 5.41) is 15.8. The van der Waals surface area contributed by atoms with Crippen molar-refractivity contribution in [2.45, 2.75) is 6.92 Å². The van der Waals surface area contributed by atoms with Crippen molar-refractivity contribution in [3.05, 3.63) is 92.7 Å². The lowest BCUT2D eigenvalue weighted by Crippen LogP contribution is -2.13. The van der Waals surface area contributed by atoms with Crippen molar-refractivity contribution in [1.82, 2.24) is 9.38 Å². The second-order valence-corrected chi connectivity index (χ2v) is 7.12. The maximum Gasteiger partial charge on any atom is 0.269 e. The number of anilines is 1. The van der Waals surface area contributed by atoms with E-state index in [-0.39, 0.29) is 17.4 Å². The fourth-order valence-electron chi connectivity index (χ4n) is 3.22. The molecule has 0 saturated heterocycles. The normalized spacial score (nSPS) is 10.8. The molecule has 29 heavy (non-hydrogen) atoms. The summed E-state index contributed by atoms with van der Waals surface area (Å²) in [5.41, 5.74) is 2.03. The van der Waals surface area contributed by atoms with E-state index in [9.17, 15) is 19.7 Å². The van der Waals surface area contributed by atoms with Crippen molar-refractivity contribution in [2.75, 3.05) is 5.32 Å². The number of fused-ring (bicyclic) bond motifs is 1. The highest BCUT2D eigenvalue weighted by atomic mass is 32.1.